The predicted molar refractivity (Wildman–Crippen MR) is 62.6 cm³/mol. The van der Waals surface area contributed by atoms with Crippen LogP contribution in [0.3, 0.4) is 0 Å². The first-order valence-electron chi connectivity index (χ1n) is 4.65. The van der Waals surface area contributed by atoms with Crippen LogP contribution in [-0.4, -0.2) is 34.4 Å². The maximum atomic E-state index is 13.2. The van der Waals surface area contributed by atoms with E-state index in [1.54, 1.807) is 7.05 Å². The molecule has 86 valence electrons. The molecule has 0 unspecified atom stereocenters. The molecule has 0 bridgehead atoms. The number of pyridine rings is 1. The molecule has 0 radical (unpaired) electrons. The molecule has 1 aromatic rings. The summed E-state index contributed by atoms with van der Waals surface area (Å²) in [6.07, 6.45) is 2.80. The molecule has 1 rings (SSSR count). The van der Waals surface area contributed by atoms with E-state index in [9.17, 15) is 9.18 Å². The van der Waals surface area contributed by atoms with Gasteiger partial charge in [-0.2, -0.15) is 0 Å². The zero-order chi connectivity index (χ0) is 12.1. The molecular formula is C10H12FN3OS. The third-order valence-corrected chi connectivity index (χ3v) is 2.25. The molecule has 0 saturated carbocycles. The Labute approximate surface area is 98.3 Å². The average molecular weight is 241 g/mol. The SMILES string of the molecule is CN(CCC(N)=S)C(=O)c1ccncc1F. The molecule has 1 amide bonds. The van der Waals surface area contributed by atoms with Crippen molar-refractivity contribution in [2.75, 3.05) is 13.6 Å². The zero-order valence-electron chi connectivity index (χ0n) is 8.81. The number of hydrogen-bond donors (Lipinski definition) is 1. The molecule has 0 aliphatic rings. The van der Waals surface area contributed by atoms with Gasteiger partial charge in [-0.1, -0.05) is 12.2 Å². The lowest BCUT2D eigenvalue weighted by Gasteiger charge is -2.16. The van der Waals surface area contributed by atoms with Gasteiger partial charge in [0.1, 0.15) is 0 Å². The topological polar surface area (TPSA) is 59.2 Å². The molecule has 0 aliphatic carbocycles. The van der Waals surface area contributed by atoms with E-state index in [1.807, 2.05) is 0 Å². The predicted octanol–water partition coefficient (Wildman–Crippen LogP) is 0.969. The van der Waals surface area contributed by atoms with Crippen LogP contribution >= 0.6 is 12.2 Å². The Kier molecular flexibility index (Phi) is 4.30. The van der Waals surface area contributed by atoms with Gasteiger partial charge in [-0.3, -0.25) is 9.78 Å². The fraction of sp³-hybridized carbons (Fsp3) is 0.300. The van der Waals surface area contributed by atoms with E-state index in [4.69, 9.17) is 18.0 Å². The molecule has 0 fully saturated rings. The first-order chi connectivity index (χ1) is 7.52. The van der Waals surface area contributed by atoms with Gasteiger partial charge in [0.25, 0.3) is 5.91 Å². The molecule has 16 heavy (non-hydrogen) atoms. The summed E-state index contributed by atoms with van der Waals surface area (Å²) in [5, 5.41) is 0. The van der Waals surface area contributed by atoms with E-state index in [0.29, 0.717) is 18.0 Å². The van der Waals surface area contributed by atoms with Gasteiger partial charge in [-0.15, -0.1) is 0 Å². The quantitative estimate of drug-likeness (QED) is 0.798. The van der Waals surface area contributed by atoms with Crippen LogP contribution in [0.15, 0.2) is 18.5 Å². The van der Waals surface area contributed by atoms with E-state index in [2.05, 4.69) is 4.98 Å². The number of amides is 1. The van der Waals surface area contributed by atoms with Crippen molar-refractivity contribution in [2.24, 2.45) is 5.73 Å². The minimum absolute atomic E-state index is 0.000407. The first kappa shape index (κ1) is 12.5. The minimum Gasteiger partial charge on any atom is -0.393 e. The molecule has 4 nitrogen and oxygen atoms in total. The molecule has 0 spiro atoms. The lowest BCUT2D eigenvalue weighted by molar-refractivity contribution is 0.0794. The lowest BCUT2D eigenvalue weighted by atomic mass is 10.2. The fourth-order valence-electron chi connectivity index (χ4n) is 1.13. The second-order valence-electron chi connectivity index (χ2n) is 3.30. The van der Waals surface area contributed by atoms with E-state index in [-0.39, 0.29) is 5.56 Å². The fourth-order valence-corrected chi connectivity index (χ4v) is 1.22. The van der Waals surface area contributed by atoms with Crippen LogP contribution < -0.4 is 5.73 Å². The number of nitrogens with two attached hydrogens (primary N) is 1. The Morgan fingerprint density at radius 3 is 2.94 bits per heavy atom. The maximum absolute atomic E-state index is 13.2. The second kappa shape index (κ2) is 5.50. The normalized spacial score (nSPS) is 9.88. The lowest BCUT2D eigenvalue weighted by Crippen LogP contribution is -2.30. The van der Waals surface area contributed by atoms with Crippen LogP contribution in [0.5, 0.6) is 0 Å². The molecule has 0 saturated heterocycles. The van der Waals surface area contributed by atoms with Crippen LogP contribution in [-0.2, 0) is 0 Å². The van der Waals surface area contributed by atoms with Crippen molar-refractivity contribution in [1.29, 1.82) is 0 Å². The minimum atomic E-state index is -0.630. The molecule has 1 aromatic heterocycles. The average Bonchev–Trinajstić information content (AvgIpc) is 2.25. The van der Waals surface area contributed by atoms with Crippen molar-refractivity contribution in [3.05, 3.63) is 29.8 Å². The van der Waals surface area contributed by atoms with Crippen LogP contribution in [0.1, 0.15) is 16.8 Å². The van der Waals surface area contributed by atoms with Gasteiger partial charge in [-0.05, 0) is 6.07 Å². The van der Waals surface area contributed by atoms with Gasteiger partial charge in [0.2, 0.25) is 0 Å². The summed E-state index contributed by atoms with van der Waals surface area (Å²) in [5.41, 5.74) is 5.32. The highest BCUT2D eigenvalue weighted by Crippen LogP contribution is 2.07. The second-order valence-corrected chi connectivity index (χ2v) is 3.82. The zero-order valence-corrected chi connectivity index (χ0v) is 9.63. The number of thiocarbonyl (C=S) groups is 1. The smallest absolute Gasteiger partial charge is 0.256 e. The number of aromatic nitrogens is 1. The van der Waals surface area contributed by atoms with E-state index in [0.717, 1.165) is 6.20 Å². The number of halogens is 1. The molecular weight excluding hydrogens is 229 g/mol. The summed E-state index contributed by atoms with van der Waals surface area (Å²) >= 11 is 4.70. The van der Waals surface area contributed by atoms with Gasteiger partial charge in [0.05, 0.1) is 16.7 Å². The van der Waals surface area contributed by atoms with Gasteiger partial charge < -0.3 is 10.6 Å². The van der Waals surface area contributed by atoms with Crippen molar-refractivity contribution < 1.29 is 9.18 Å². The van der Waals surface area contributed by atoms with Crippen molar-refractivity contribution in [2.45, 2.75) is 6.42 Å². The van der Waals surface area contributed by atoms with Gasteiger partial charge in [0, 0.05) is 26.2 Å². The number of hydrogen-bond acceptors (Lipinski definition) is 3. The number of rotatable bonds is 4. The summed E-state index contributed by atoms with van der Waals surface area (Å²) in [6, 6.07) is 1.34. The Balaban J connectivity index is 2.71. The summed E-state index contributed by atoms with van der Waals surface area (Å²) < 4.78 is 13.2. The number of carbonyl (C=O) groups is 1. The number of carbonyl (C=O) groups excluding carboxylic acids is 1. The van der Waals surface area contributed by atoms with E-state index < -0.39 is 11.7 Å². The highest BCUT2D eigenvalue weighted by Gasteiger charge is 2.15. The monoisotopic (exact) mass is 241 g/mol. The standard InChI is InChI=1S/C10H12FN3OS/c1-14(5-3-9(12)16)10(15)7-2-4-13-6-8(7)11/h2,4,6H,3,5H2,1H3,(H2,12,16). The molecule has 0 aliphatic heterocycles. The van der Waals surface area contributed by atoms with Gasteiger partial charge in [-0.25, -0.2) is 4.39 Å². The van der Waals surface area contributed by atoms with Crippen molar-refractivity contribution in [3.63, 3.8) is 0 Å². The van der Waals surface area contributed by atoms with Crippen LogP contribution in [0.25, 0.3) is 0 Å². The molecule has 1 heterocycles. The summed E-state index contributed by atoms with van der Waals surface area (Å²) in [5.74, 6) is -1.04. The van der Waals surface area contributed by atoms with E-state index in [1.165, 1.54) is 17.2 Å². The molecule has 0 aromatic carbocycles. The molecule has 0 atom stereocenters. The Hall–Kier alpha value is -1.56. The van der Waals surface area contributed by atoms with Crippen LogP contribution in [0, 0.1) is 5.82 Å². The van der Waals surface area contributed by atoms with Crippen LogP contribution in [0.4, 0.5) is 4.39 Å². The highest BCUT2D eigenvalue weighted by atomic mass is 32.1. The summed E-state index contributed by atoms with van der Waals surface area (Å²) in [4.78, 5) is 17.0. The third kappa shape index (κ3) is 3.23. The highest BCUT2D eigenvalue weighted by molar-refractivity contribution is 7.80. The maximum Gasteiger partial charge on any atom is 0.256 e. The Bertz CT molecular complexity index is 411. The Morgan fingerprint density at radius 2 is 2.38 bits per heavy atom. The summed E-state index contributed by atoms with van der Waals surface area (Å²) in [6.45, 7) is 0.371. The van der Waals surface area contributed by atoms with Gasteiger partial charge >= 0.3 is 0 Å². The van der Waals surface area contributed by atoms with Crippen molar-refractivity contribution in [3.8, 4) is 0 Å². The largest absolute Gasteiger partial charge is 0.393 e. The first-order valence-corrected chi connectivity index (χ1v) is 5.06. The molecule has 6 heteroatoms. The van der Waals surface area contributed by atoms with Crippen molar-refractivity contribution in [1.82, 2.24) is 9.88 Å². The van der Waals surface area contributed by atoms with Gasteiger partial charge in [0.15, 0.2) is 5.82 Å². The van der Waals surface area contributed by atoms with Crippen LogP contribution in [0.2, 0.25) is 0 Å². The van der Waals surface area contributed by atoms with Crippen molar-refractivity contribution >= 4 is 23.1 Å². The number of nitrogens with zero attached hydrogens (tertiary/aromatic N) is 2. The molecule has 2 N–H and O–H groups in total. The van der Waals surface area contributed by atoms with E-state index >= 15 is 0 Å². The summed E-state index contributed by atoms with van der Waals surface area (Å²) in [7, 11) is 1.57. The Morgan fingerprint density at radius 1 is 1.69 bits per heavy atom. The third-order valence-electron chi connectivity index (χ3n) is 2.04.